The van der Waals surface area contributed by atoms with Crippen LogP contribution in [0.2, 0.25) is 0 Å². The number of aliphatic hydroxyl groups is 1. The van der Waals surface area contributed by atoms with Gasteiger partial charge in [-0.2, -0.15) is 0 Å². The second kappa shape index (κ2) is 6.39. The Kier molecular flexibility index (Phi) is 4.64. The molecule has 124 valence electrons. The van der Waals surface area contributed by atoms with Gasteiger partial charge in [0.2, 0.25) is 0 Å². The highest BCUT2D eigenvalue weighted by molar-refractivity contribution is 8.44. The van der Waals surface area contributed by atoms with Crippen LogP contribution in [-0.4, -0.2) is 33.4 Å². The Morgan fingerprint density at radius 2 is 2.13 bits per heavy atom. The van der Waals surface area contributed by atoms with E-state index in [-0.39, 0.29) is 18.6 Å². The van der Waals surface area contributed by atoms with Crippen molar-refractivity contribution in [3.63, 3.8) is 0 Å². The fraction of sp³-hybridized carbons (Fsp3) is 0.357. The Morgan fingerprint density at radius 3 is 2.87 bits per heavy atom. The number of nitrogens with zero attached hydrogens (tertiary/aromatic N) is 1. The first-order valence-corrected chi connectivity index (χ1v) is 9.72. The zero-order valence-electron chi connectivity index (χ0n) is 12.0. The van der Waals surface area contributed by atoms with E-state index in [9.17, 15) is 14.5 Å². The molecule has 4 atom stereocenters. The third kappa shape index (κ3) is 3.68. The fourth-order valence-electron chi connectivity index (χ4n) is 2.64. The van der Waals surface area contributed by atoms with E-state index in [1.54, 1.807) is 24.4 Å². The Bertz CT molecular complexity index is 818. The molecule has 3 rings (SSSR count). The molecule has 9 heteroatoms. The lowest BCUT2D eigenvalue weighted by atomic mass is 10.1. The summed E-state index contributed by atoms with van der Waals surface area (Å²) in [6, 6.07) is 8.99. The minimum Gasteiger partial charge on any atom is -0.390 e. The molecule has 1 saturated heterocycles. The second-order valence-electron chi connectivity index (χ2n) is 5.33. The molecule has 0 spiro atoms. The van der Waals surface area contributed by atoms with Gasteiger partial charge in [0.15, 0.2) is 0 Å². The number of aliphatic hydroxyl groups excluding tert-OH is 1. The molecular formula is C14H16NO6PS. The molecule has 1 unspecified atom stereocenters. The van der Waals surface area contributed by atoms with E-state index in [0.717, 1.165) is 5.39 Å². The van der Waals surface area contributed by atoms with Gasteiger partial charge in [-0.3, -0.25) is 13.9 Å². The van der Waals surface area contributed by atoms with E-state index in [1.165, 1.54) is 4.57 Å². The van der Waals surface area contributed by atoms with Crippen LogP contribution in [0.5, 0.6) is 0 Å². The van der Waals surface area contributed by atoms with Crippen molar-refractivity contribution in [3.05, 3.63) is 46.9 Å². The summed E-state index contributed by atoms with van der Waals surface area (Å²) in [5.74, 6) is 0. The number of fused-ring (bicyclic) bond motifs is 1. The maximum atomic E-state index is 12.5. The monoisotopic (exact) mass is 357 g/mol. The average Bonchev–Trinajstić information content (AvgIpc) is 2.86. The molecule has 1 aromatic heterocycles. The van der Waals surface area contributed by atoms with Crippen molar-refractivity contribution in [1.82, 2.24) is 4.57 Å². The van der Waals surface area contributed by atoms with Gasteiger partial charge in [-0.05, 0) is 17.5 Å². The molecule has 2 N–H and O–H groups in total. The van der Waals surface area contributed by atoms with Crippen molar-refractivity contribution >= 4 is 29.8 Å². The van der Waals surface area contributed by atoms with Gasteiger partial charge in [0, 0.05) is 18.0 Å². The van der Waals surface area contributed by atoms with E-state index < -0.39 is 25.2 Å². The summed E-state index contributed by atoms with van der Waals surface area (Å²) in [5.41, 5.74) is -0.219. The van der Waals surface area contributed by atoms with Crippen LogP contribution < -0.4 is 5.56 Å². The quantitative estimate of drug-likeness (QED) is 0.569. The fourth-order valence-corrected chi connectivity index (χ4v) is 3.18. The molecule has 0 bridgehead atoms. The maximum absolute atomic E-state index is 12.5. The molecule has 2 aromatic rings. The van der Waals surface area contributed by atoms with Crippen LogP contribution in [-0.2, 0) is 13.8 Å². The number of benzene rings is 1. The first-order chi connectivity index (χ1) is 10.8. The van der Waals surface area contributed by atoms with Gasteiger partial charge in [-0.25, -0.2) is 4.57 Å². The van der Waals surface area contributed by atoms with Gasteiger partial charge < -0.3 is 14.7 Å². The zero-order valence-corrected chi connectivity index (χ0v) is 13.8. The summed E-state index contributed by atoms with van der Waals surface area (Å²) in [6.45, 7) is -4.22. The summed E-state index contributed by atoms with van der Waals surface area (Å²) >= 11 is 3.40. The minimum atomic E-state index is -3.94. The molecule has 7 nitrogen and oxygen atoms in total. The Hall–Kier alpha value is -1.15. The van der Waals surface area contributed by atoms with Crippen molar-refractivity contribution in [1.29, 1.82) is 0 Å². The molecule has 23 heavy (non-hydrogen) atoms. The predicted molar refractivity (Wildman–Crippen MR) is 87.5 cm³/mol. The summed E-state index contributed by atoms with van der Waals surface area (Å²) in [5, 5.41) is 11.4. The molecule has 1 aromatic carbocycles. The number of hydrogen-bond donors (Lipinski definition) is 3. The molecule has 1 fully saturated rings. The van der Waals surface area contributed by atoms with Crippen LogP contribution in [0.1, 0.15) is 12.6 Å². The van der Waals surface area contributed by atoms with E-state index in [4.69, 9.17) is 9.63 Å². The van der Waals surface area contributed by atoms with Crippen molar-refractivity contribution < 1.29 is 23.8 Å². The zero-order chi connectivity index (χ0) is 16.6. The Labute approximate surface area is 137 Å². The summed E-state index contributed by atoms with van der Waals surface area (Å²) in [6.07, 6.45) is -0.562. The lowest BCUT2D eigenvalue weighted by molar-refractivity contribution is -0.0409. The second-order valence-corrected chi connectivity index (χ2v) is 8.09. The molecular weight excluding hydrogens is 341 g/mol. The van der Waals surface area contributed by atoms with Crippen LogP contribution in [0.25, 0.3) is 10.8 Å². The number of thiol groups is 1. The topological polar surface area (TPSA) is 98.0 Å². The van der Waals surface area contributed by atoms with Gasteiger partial charge in [-0.15, -0.1) is 0 Å². The van der Waals surface area contributed by atoms with Gasteiger partial charge in [0.1, 0.15) is 12.3 Å². The Morgan fingerprint density at radius 1 is 1.39 bits per heavy atom. The van der Waals surface area contributed by atoms with E-state index in [1.807, 2.05) is 12.1 Å². The van der Waals surface area contributed by atoms with Crippen LogP contribution in [0, 0.1) is 0 Å². The molecule has 1 aliphatic rings. The van der Waals surface area contributed by atoms with E-state index in [0.29, 0.717) is 5.39 Å². The molecule has 2 heterocycles. The van der Waals surface area contributed by atoms with Crippen molar-refractivity contribution in [3.8, 4) is 0 Å². The summed E-state index contributed by atoms with van der Waals surface area (Å²) in [4.78, 5) is 21.5. The largest absolute Gasteiger partial charge is 0.390 e. The predicted octanol–water partition coefficient (Wildman–Crippen LogP) is 1.70. The van der Waals surface area contributed by atoms with Crippen molar-refractivity contribution in [2.24, 2.45) is 0 Å². The molecule has 1 aliphatic heterocycles. The standard InChI is InChI=1S/C14H16NO6PS/c16-11-7-13(21-12(11)8-20-22(18,19)23)15-6-5-9-3-1-2-4-10(9)14(15)17/h1-6,11-13,16H,7-8H2,(H2,18,19,23)/t11-,12+,13+/m0/s1. The lowest BCUT2D eigenvalue weighted by Crippen LogP contribution is -2.26. The van der Waals surface area contributed by atoms with Crippen molar-refractivity contribution in [2.45, 2.75) is 24.9 Å². The molecule has 0 saturated carbocycles. The first kappa shape index (κ1) is 16.7. The molecule has 0 aliphatic carbocycles. The normalized spacial score (nSPS) is 27.2. The highest BCUT2D eigenvalue weighted by Crippen LogP contribution is 2.47. The Balaban J connectivity index is 1.82. The van der Waals surface area contributed by atoms with E-state index >= 15 is 0 Å². The number of pyridine rings is 1. The van der Waals surface area contributed by atoms with Crippen LogP contribution >= 0.6 is 19.0 Å². The van der Waals surface area contributed by atoms with Gasteiger partial charge in [-0.1, -0.05) is 30.4 Å². The number of ether oxygens (including phenoxy) is 1. The average molecular weight is 357 g/mol. The smallest absolute Gasteiger partial charge is 0.383 e. The number of rotatable bonds is 4. The lowest BCUT2D eigenvalue weighted by Gasteiger charge is -2.17. The SMILES string of the molecule is O=c1c2ccccc2ccn1[C@H]1C[C@H](O)[C@@H](COP(=O)(O)S)O1. The third-order valence-corrected chi connectivity index (χ3v) is 4.59. The van der Waals surface area contributed by atoms with E-state index in [2.05, 4.69) is 16.8 Å². The summed E-state index contributed by atoms with van der Waals surface area (Å²) < 4.78 is 22.7. The highest BCUT2D eigenvalue weighted by atomic mass is 32.7. The number of aromatic nitrogens is 1. The maximum Gasteiger partial charge on any atom is 0.383 e. The van der Waals surface area contributed by atoms with Crippen LogP contribution in [0.4, 0.5) is 0 Å². The number of hydrogen-bond acceptors (Lipinski definition) is 5. The van der Waals surface area contributed by atoms with Crippen LogP contribution in [0.3, 0.4) is 0 Å². The van der Waals surface area contributed by atoms with Crippen molar-refractivity contribution in [2.75, 3.05) is 6.61 Å². The van der Waals surface area contributed by atoms with Gasteiger partial charge >= 0.3 is 6.80 Å². The first-order valence-electron chi connectivity index (χ1n) is 6.98. The van der Waals surface area contributed by atoms with Gasteiger partial charge in [0.25, 0.3) is 5.56 Å². The molecule has 0 amide bonds. The molecule has 0 radical (unpaired) electrons. The summed E-state index contributed by atoms with van der Waals surface area (Å²) in [7, 11) is 0. The minimum absolute atomic E-state index is 0.189. The van der Waals surface area contributed by atoms with Crippen LogP contribution in [0.15, 0.2) is 41.3 Å². The highest BCUT2D eigenvalue weighted by Gasteiger charge is 2.36. The van der Waals surface area contributed by atoms with Gasteiger partial charge in [0.05, 0.1) is 12.7 Å². The third-order valence-electron chi connectivity index (χ3n) is 3.76.